The maximum absolute atomic E-state index is 13.0. The van der Waals surface area contributed by atoms with Crippen LogP contribution in [0.1, 0.15) is 42.5 Å². The molecule has 1 N–H and O–H groups in total. The van der Waals surface area contributed by atoms with Gasteiger partial charge in [-0.2, -0.15) is 5.10 Å². The number of hydrogen-bond donors (Lipinski definition) is 1. The molecule has 0 bridgehead atoms. The molecule has 0 spiro atoms. The Hall–Kier alpha value is -4.26. The minimum absolute atomic E-state index is 0.0477. The first-order valence-corrected chi connectivity index (χ1v) is 16.8. The number of piperidine rings is 2. The van der Waals surface area contributed by atoms with Crippen LogP contribution in [-0.4, -0.2) is 66.0 Å². The number of aromatic nitrogens is 3. The predicted octanol–water partition coefficient (Wildman–Crippen LogP) is 7.45. The Balaban J connectivity index is 0.000000232. The second-order valence-electron chi connectivity index (χ2n) is 11.9. The van der Waals surface area contributed by atoms with E-state index < -0.39 is 11.1 Å². The number of likely N-dealkylation sites (tertiary alicyclic amines) is 1. The van der Waals surface area contributed by atoms with E-state index in [2.05, 4.69) is 25.1 Å². The number of hydrogen-bond acceptors (Lipinski definition) is 7. The SMILES string of the molecule is [C-]#[N+]C1(c2ccc(Cl)c(OC)c2)CCN(C(=O)Cn2nc(-c3ncco3)c(Cl)c2C)CC1.[C-]#[N+]C1(c2ccc(Cl)c(OC)c2)CCNCC1. The quantitative estimate of drug-likeness (QED) is 0.198. The molecule has 14 heteroatoms. The van der Waals surface area contributed by atoms with Gasteiger partial charge >= 0.3 is 0 Å². The molecule has 49 heavy (non-hydrogen) atoms. The first-order chi connectivity index (χ1) is 23.6. The number of amides is 1. The Labute approximate surface area is 300 Å². The number of halogens is 3. The summed E-state index contributed by atoms with van der Waals surface area (Å²) in [6.07, 6.45) is 5.67. The van der Waals surface area contributed by atoms with Crippen LogP contribution in [0, 0.1) is 20.1 Å². The van der Waals surface area contributed by atoms with Gasteiger partial charge in [0, 0.05) is 63.0 Å². The standard InChI is InChI=1S/C22H21Cl2N5O3.C13H15ClN2O/c1-14-19(24)20(21-26-8-11-32-21)27-29(14)13-18(30)28-9-6-22(25-2,7-10-28)15-4-5-16(23)17(12-15)31-3;1-15-13(5-7-16-8-6-13)10-3-4-11(14)12(9-10)17-2/h4-5,8,11-12H,6-7,9-10,13H2,1,3H3;3-4,9,16H,5-8H2,2H3. The lowest BCUT2D eigenvalue weighted by Gasteiger charge is -2.34. The molecule has 1 amide bonds. The summed E-state index contributed by atoms with van der Waals surface area (Å²) in [6.45, 7) is 19.9. The molecule has 0 radical (unpaired) electrons. The third kappa shape index (κ3) is 7.51. The number of rotatable bonds is 7. The van der Waals surface area contributed by atoms with Gasteiger partial charge < -0.3 is 33.8 Å². The van der Waals surface area contributed by atoms with Crippen molar-refractivity contribution in [2.45, 2.75) is 50.2 Å². The molecule has 6 rings (SSSR count). The van der Waals surface area contributed by atoms with Crippen molar-refractivity contribution in [3.63, 3.8) is 0 Å². The van der Waals surface area contributed by atoms with Gasteiger partial charge in [-0.1, -0.05) is 34.8 Å². The molecule has 0 unspecified atom stereocenters. The largest absolute Gasteiger partial charge is 0.495 e. The lowest BCUT2D eigenvalue weighted by molar-refractivity contribution is -0.133. The van der Waals surface area contributed by atoms with Crippen molar-refractivity contribution in [2.24, 2.45) is 0 Å². The summed E-state index contributed by atoms with van der Waals surface area (Å²) in [4.78, 5) is 26.6. The summed E-state index contributed by atoms with van der Waals surface area (Å²) in [7, 11) is 3.14. The van der Waals surface area contributed by atoms with E-state index in [9.17, 15) is 4.79 Å². The highest BCUT2D eigenvalue weighted by Crippen LogP contribution is 2.41. The normalized spacial score (nSPS) is 16.4. The summed E-state index contributed by atoms with van der Waals surface area (Å²) in [5.74, 6) is 1.41. The summed E-state index contributed by atoms with van der Waals surface area (Å²) >= 11 is 18.5. The van der Waals surface area contributed by atoms with E-state index in [-0.39, 0.29) is 12.5 Å². The fourth-order valence-corrected chi connectivity index (χ4v) is 6.78. The van der Waals surface area contributed by atoms with Crippen molar-refractivity contribution in [1.29, 1.82) is 0 Å². The molecular formula is C35H36Cl3N7O4. The Bertz CT molecular complexity index is 1870. The minimum Gasteiger partial charge on any atom is -0.495 e. The molecule has 2 fully saturated rings. The zero-order chi connectivity index (χ0) is 35.2. The summed E-state index contributed by atoms with van der Waals surface area (Å²) < 4.78 is 17.4. The van der Waals surface area contributed by atoms with Crippen LogP contribution in [0.2, 0.25) is 15.1 Å². The summed E-state index contributed by atoms with van der Waals surface area (Å²) in [6, 6.07) is 11.1. The monoisotopic (exact) mass is 723 g/mol. The second-order valence-corrected chi connectivity index (χ2v) is 13.1. The van der Waals surface area contributed by atoms with Crippen LogP contribution in [0.25, 0.3) is 21.3 Å². The maximum atomic E-state index is 13.0. The van der Waals surface area contributed by atoms with Gasteiger partial charge in [-0.05, 0) is 43.3 Å². The van der Waals surface area contributed by atoms with Crippen LogP contribution in [0.3, 0.4) is 0 Å². The van der Waals surface area contributed by atoms with Gasteiger partial charge in [0.2, 0.25) is 11.8 Å². The van der Waals surface area contributed by atoms with E-state index in [4.69, 9.17) is 61.8 Å². The average molecular weight is 725 g/mol. The molecular weight excluding hydrogens is 689 g/mol. The molecule has 11 nitrogen and oxygen atoms in total. The number of methoxy groups -OCH3 is 2. The van der Waals surface area contributed by atoms with Crippen molar-refractivity contribution in [2.75, 3.05) is 40.4 Å². The predicted molar refractivity (Wildman–Crippen MR) is 188 cm³/mol. The second kappa shape index (κ2) is 15.5. The van der Waals surface area contributed by atoms with E-state index in [1.54, 1.807) is 36.8 Å². The summed E-state index contributed by atoms with van der Waals surface area (Å²) in [5.41, 5.74) is 1.81. The first-order valence-electron chi connectivity index (χ1n) is 15.7. The highest BCUT2D eigenvalue weighted by Gasteiger charge is 2.44. The molecule has 4 heterocycles. The Morgan fingerprint density at radius 2 is 1.49 bits per heavy atom. The minimum atomic E-state index is -0.711. The zero-order valence-electron chi connectivity index (χ0n) is 27.4. The van der Waals surface area contributed by atoms with Crippen LogP contribution in [0.15, 0.2) is 53.3 Å². The molecule has 0 saturated carbocycles. The van der Waals surface area contributed by atoms with Crippen LogP contribution in [0.4, 0.5) is 0 Å². The van der Waals surface area contributed by atoms with E-state index in [1.807, 2.05) is 30.3 Å². The highest BCUT2D eigenvalue weighted by molar-refractivity contribution is 6.33. The lowest BCUT2D eigenvalue weighted by atomic mass is 9.81. The van der Waals surface area contributed by atoms with Gasteiger partial charge in [0.25, 0.3) is 11.1 Å². The third-order valence-electron chi connectivity index (χ3n) is 9.23. The topological polar surface area (TPSA) is 103 Å². The van der Waals surface area contributed by atoms with E-state index in [1.165, 1.54) is 12.5 Å². The number of oxazole rings is 1. The molecule has 256 valence electrons. The molecule has 2 aliphatic rings. The number of nitrogens with one attached hydrogen (secondary N) is 1. The van der Waals surface area contributed by atoms with Gasteiger partial charge in [0.15, 0.2) is 5.69 Å². The Morgan fingerprint density at radius 1 is 0.939 bits per heavy atom. The lowest BCUT2D eigenvalue weighted by Crippen LogP contribution is -2.45. The van der Waals surface area contributed by atoms with Crippen LogP contribution >= 0.6 is 34.8 Å². The summed E-state index contributed by atoms with van der Waals surface area (Å²) in [5, 5.41) is 9.19. The molecule has 0 aliphatic carbocycles. The number of carbonyl (C=O) groups excluding carboxylic acids is 1. The van der Waals surface area contributed by atoms with Crippen LogP contribution in [-0.2, 0) is 22.4 Å². The van der Waals surface area contributed by atoms with Crippen molar-refractivity contribution in [1.82, 2.24) is 25.0 Å². The zero-order valence-corrected chi connectivity index (χ0v) is 29.7. The maximum Gasteiger partial charge on any atom is 0.261 e. The van der Waals surface area contributed by atoms with Crippen LogP contribution < -0.4 is 14.8 Å². The van der Waals surface area contributed by atoms with E-state index >= 15 is 0 Å². The van der Waals surface area contributed by atoms with Gasteiger partial charge in [0.05, 0.1) is 41.2 Å². The molecule has 0 atom stereocenters. The Kier molecular flexibility index (Phi) is 11.4. The molecule has 2 saturated heterocycles. The van der Waals surface area contributed by atoms with E-state index in [0.717, 1.165) is 37.1 Å². The van der Waals surface area contributed by atoms with Gasteiger partial charge in [-0.25, -0.2) is 18.1 Å². The molecule has 4 aromatic rings. The Morgan fingerprint density at radius 3 is 1.98 bits per heavy atom. The third-order valence-corrected chi connectivity index (χ3v) is 10.3. The van der Waals surface area contributed by atoms with Crippen molar-refractivity contribution >= 4 is 40.7 Å². The van der Waals surface area contributed by atoms with Gasteiger partial charge in [-0.3, -0.25) is 9.48 Å². The number of ether oxygens (including phenoxy) is 2. The molecule has 2 aromatic heterocycles. The van der Waals surface area contributed by atoms with Gasteiger partial charge in [-0.15, -0.1) is 0 Å². The van der Waals surface area contributed by atoms with Crippen molar-refractivity contribution in [3.8, 4) is 23.1 Å². The van der Waals surface area contributed by atoms with Gasteiger partial charge in [0.1, 0.15) is 24.3 Å². The molecule has 2 aliphatic heterocycles. The smallest absolute Gasteiger partial charge is 0.261 e. The number of carbonyl (C=O) groups is 1. The highest BCUT2D eigenvalue weighted by atomic mass is 35.5. The fourth-order valence-electron chi connectivity index (χ4n) is 6.18. The first kappa shape index (κ1) is 36.0. The molecule has 2 aromatic carbocycles. The van der Waals surface area contributed by atoms with Crippen molar-refractivity contribution in [3.05, 3.63) is 104 Å². The van der Waals surface area contributed by atoms with Crippen LogP contribution in [0.5, 0.6) is 11.5 Å². The van der Waals surface area contributed by atoms with Crippen molar-refractivity contribution < 1.29 is 18.7 Å². The fraction of sp³-hybridized carbons (Fsp3) is 0.400. The number of nitrogens with zero attached hydrogens (tertiary/aromatic N) is 6. The average Bonchev–Trinajstić information content (AvgIpc) is 3.77. The number of benzene rings is 2. The van der Waals surface area contributed by atoms with E-state index in [0.29, 0.717) is 69.8 Å².